The molecule has 0 bridgehead atoms. The molecule has 21 heavy (non-hydrogen) atoms. The third kappa shape index (κ3) is 3.42. The number of benzene rings is 1. The second-order valence-electron chi connectivity index (χ2n) is 4.58. The summed E-state index contributed by atoms with van der Waals surface area (Å²) in [6.45, 7) is 1.92. The van der Waals surface area contributed by atoms with E-state index in [0.29, 0.717) is 10.2 Å². The number of aryl methyl sites for hydroxylation is 1. The molecule has 2 aromatic rings. The van der Waals surface area contributed by atoms with E-state index in [-0.39, 0.29) is 22.2 Å². The van der Waals surface area contributed by atoms with E-state index in [9.17, 15) is 8.42 Å². The summed E-state index contributed by atoms with van der Waals surface area (Å²) < 4.78 is 32.1. The van der Waals surface area contributed by atoms with E-state index in [4.69, 9.17) is 21.8 Å². The van der Waals surface area contributed by atoms with Crippen molar-refractivity contribution in [3.05, 3.63) is 45.3 Å². The molecule has 0 fully saturated rings. The van der Waals surface area contributed by atoms with Gasteiger partial charge in [-0.2, -0.15) is 4.31 Å². The van der Waals surface area contributed by atoms with Crippen LogP contribution in [0.3, 0.4) is 0 Å². The van der Waals surface area contributed by atoms with Gasteiger partial charge in [0.1, 0.15) is 11.5 Å². The minimum absolute atomic E-state index is 0.0262. The Morgan fingerprint density at radius 3 is 2.62 bits per heavy atom. The Morgan fingerprint density at radius 1 is 1.38 bits per heavy atom. The lowest BCUT2D eigenvalue weighted by Crippen LogP contribution is -2.26. The Balaban J connectivity index is 2.37. The summed E-state index contributed by atoms with van der Waals surface area (Å²) in [5.74, 6) is 1.29. The van der Waals surface area contributed by atoms with Crippen molar-refractivity contribution in [2.45, 2.75) is 18.4 Å². The largest absolute Gasteiger partial charge is 0.465 e. The highest BCUT2D eigenvalue weighted by Crippen LogP contribution is 2.33. The van der Waals surface area contributed by atoms with Crippen molar-refractivity contribution in [3.63, 3.8) is 0 Å². The van der Waals surface area contributed by atoms with Gasteiger partial charge < -0.3 is 10.2 Å². The van der Waals surface area contributed by atoms with Gasteiger partial charge in [-0.15, -0.1) is 0 Å². The number of halogens is 2. The molecule has 1 heterocycles. The molecule has 8 heteroatoms. The number of hydrogen-bond acceptors (Lipinski definition) is 4. The van der Waals surface area contributed by atoms with Gasteiger partial charge >= 0.3 is 0 Å². The lowest BCUT2D eigenvalue weighted by atomic mass is 10.3. The summed E-state index contributed by atoms with van der Waals surface area (Å²) in [4.78, 5) is 0.0262. The number of hydrogen-bond donors (Lipinski definition) is 1. The Bertz CT molecular complexity index is 774. The second kappa shape index (κ2) is 6.00. The smallest absolute Gasteiger partial charge is 0.244 e. The van der Waals surface area contributed by atoms with Gasteiger partial charge in [-0.3, -0.25) is 0 Å². The van der Waals surface area contributed by atoms with Crippen LogP contribution in [0.25, 0.3) is 0 Å². The van der Waals surface area contributed by atoms with Crippen LogP contribution < -0.4 is 5.73 Å². The number of nitrogens with zero attached hydrogens (tertiary/aromatic N) is 1. The first kappa shape index (κ1) is 16.4. The highest BCUT2D eigenvalue weighted by molar-refractivity contribution is 9.10. The number of nitrogen functional groups attached to an aromatic ring is 1. The summed E-state index contributed by atoms with van der Waals surface area (Å²) in [5.41, 5.74) is 6.01. The van der Waals surface area contributed by atoms with E-state index < -0.39 is 10.0 Å². The quantitative estimate of drug-likeness (QED) is 0.808. The zero-order chi connectivity index (χ0) is 15.8. The number of nitrogens with two attached hydrogens (primary N) is 1. The normalized spacial score (nSPS) is 12.0. The van der Waals surface area contributed by atoms with Crippen molar-refractivity contribution in [1.29, 1.82) is 0 Å². The highest BCUT2D eigenvalue weighted by Gasteiger charge is 2.26. The maximum atomic E-state index is 12.6. The summed E-state index contributed by atoms with van der Waals surface area (Å²) in [6, 6.07) is 6.37. The van der Waals surface area contributed by atoms with Gasteiger partial charge in [0, 0.05) is 17.8 Å². The minimum Gasteiger partial charge on any atom is -0.465 e. The van der Waals surface area contributed by atoms with E-state index >= 15 is 0 Å². The van der Waals surface area contributed by atoms with E-state index in [1.54, 1.807) is 19.1 Å². The van der Waals surface area contributed by atoms with Gasteiger partial charge in [0.25, 0.3) is 0 Å². The van der Waals surface area contributed by atoms with Gasteiger partial charge in [-0.1, -0.05) is 11.6 Å². The molecule has 0 aliphatic rings. The first-order chi connectivity index (χ1) is 9.71. The number of rotatable bonds is 4. The molecule has 0 spiro atoms. The molecule has 1 aromatic carbocycles. The molecule has 5 nitrogen and oxygen atoms in total. The summed E-state index contributed by atoms with van der Waals surface area (Å²) >= 11 is 9.09. The van der Waals surface area contributed by atoms with Crippen molar-refractivity contribution in [2.24, 2.45) is 0 Å². The van der Waals surface area contributed by atoms with Crippen LogP contribution in [0.15, 0.2) is 38.1 Å². The molecular formula is C13H14BrClN2O3S. The molecule has 2 N–H and O–H groups in total. The van der Waals surface area contributed by atoms with E-state index in [0.717, 1.165) is 5.76 Å². The molecule has 0 atom stereocenters. The third-order valence-corrected chi connectivity index (χ3v) is 6.09. The van der Waals surface area contributed by atoms with Gasteiger partial charge in [0.2, 0.25) is 10.0 Å². The molecule has 1 aromatic heterocycles. The Morgan fingerprint density at radius 2 is 2.05 bits per heavy atom. The second-order valence-corrected chi connectivity index (χ2v) is 7.82. The molecule has 0 aliphatic carbocycles. The molecule has 0 unspecified atom stereocenters. The maximum Gasteiger partial charge on any atom is 0.244 e. The number of anilines is 1. The maximum absolute atomic E-state index is 12.6. The van der Waals surface area contributed by atoms with Crippen molar-refractivity contribution in [1.82, 2.24) is 4.31 Å². The van der Waals surface area contributed by atoms with Crippen molar-refractivity contribution in [2.75, 3.05) is 12.8 Å². The van der Waals surface area contributed by atoms with Gasteiger partial charge in [0.05, 0.1) is 15.9 Å². The first-order valence-electron chi connectivity index (χ1n) is 5.98. The average Bonchev–Trinajstić information content (AvgIpc) is 2.79. The zero-order valence-electron chi connectivity index (χ0n) is 11.4. The van der Waals surface area contributed by atoms with E-state index in [1.165, 1.54) is 23.5 Å². The molecule has 0 saturated heterocycles. The molecule has 0 amide bonds. The van der Waals surface area contributed by atoms with E-state index in [1.807, 2.05) is 0 Å². The fraction of sp³-hybridized carbons (Fsp3) is 0.231. The van der Waals surface area contributed by atoms with Crippen LogP contribution in [0.5, 0.6) is 0 Å². The van der Waals surface area contributed by atoms with Crippen LogP contribution in [0.1, 0.15) is 11.5 Å². The fourth-order valence-electron chi connectivity index (χ4n) is 1.81. The van der Waals surface area contributed by atoms with Crippen LogP contribution in [0, 0.1) is 6.92 Å². The third-order valence-electron chi connectivity index (χ3n) is 2.89. The lowest BCUT2D eigenvalue weighted by molar-refractivity contribution is 0.397. The fourth-order valence-corrected chi connectivity index (χ4v) is 4.20. The minimum atomic E-state index is -3.74. The van der Waals surface area contributed by atoms with Crippen molar-refractivity contribution in [3.8, 4) is 0 Å². The SMILES string of the molecule is Cc1ccc(CN(C)S(=O)(=O)c2cc(Cl)cc(N)c2Br)o1. The monoisotopic (exact) mass is 392 g/mol. The summed E-state index contributed by atoms with van der Waals surface area (Å²) in [5, 5.41) is 0.261. The van der Waals surface area contributed by atoms with Crippen LogP contribution in [-0.4, -0.2) is 19.8 Å². The lowest BCUT2D eigenvalue weighted by Gasteiger charge is -2.18. The van der Waals surface area contributed by atoms with Crippen LogP contribution in [0.2, 0.25) is 5.02 Å². The Hall–Kier alpha value is -1.02. The van der Waals surface area contributed by atoms with Crippen molar-refractivity contribution >= 4 is 43.2 Å². The van der Waals surface area contributed by atoms with Crippen LogP contribution >= 0.6 is 27.5 Å². The van der Waals surface area contributed by atoms with Crippen LogP contribution in [0.4, 0.5) is 5.69 Å². The summed E-state index contributed by atoms with van der Waals surface area (Å²) in [7, 11) is -2.27. The Labute approximate surface area is 136 Å². The number of furan rings is 1. The summed E-state index contributed by atoms with van der Waals surface area (Å²) in [6.07, 6.45) is 0. The topological polar surface area (TPSA) is 76.5 Å². The molecule has 0 aliphatic heterocycles. The Kier molecular flexibility index (Phi) is 4.67. The highest BCUT2D eigenvalue weighted by atomic mass is 79.9. The van der Waals surface area contributed by atoms with Gasteiger partial charge in [0.15, 0.2) is 0 Å². The van der Waals surface area contributed by atoms with Crippen LogP contribution in [-0.2, 0) is 16.6 Å². The zero-order valence-corrected chi connectivity index (χ0v) is 14.6. The predicted molar refractivity (Wildman–Crippen MR) is 85.7 cm³/mol. The molecule has 0 radical (unpaired) electrons. The molecule has 114 valence electrons. The molecular weight excluding hydrogens is 380 g/mol. The average molecular weight is 394 g/mol. The van der Waals surface area contributed by atoms with Gasteiger partial charge in [-0.05, 0) is 47.1 Å². The predicted octanol–water partition coefficient (Wildman–Crippen LogP) is 3.41. The van der Waals surface area contributed by atoms with E-state index in [2.05, 4.69) is 15.9 Å². The molecule has 0 saturated carbocycles. The van der Waals surface area contributed by atoms with Crippen molar-refractivity contribution < 1.29 is 12.8 Å². The standard InChI is InChI=1S/C13H14BrClN2O3S/c1-8-3-4-10(20-8)7-17(2)21(18,19)12-6-9(15)5-11(16)13(12)14/h3-6H,7,16H2,1-2H3. The van der Waals surface area contributed by atoms with Gasteiger partial charge in [-0.25, -0.2) is 8.42 Å². The molecule has 2 rings (SSSR count). The first-order valence-corrected chi connectivity index (χ1v) is 8.59. The number of sulfonamides is 1.